The molecule has 0 radical (unpaired) electrons. The summed E-state index contributed by atoms with van der Waals surface area (Å²) in [6.45, 7) is 3.77. The van der Waals surface area contributed by atoms with Crippen LogP contribution in [0.1, 0.15) is 46.8 Å². The molecule has 36 heavy (non-hydrogen) atoms. The van der Waals surface area contributed by atoms with E-state index in [9.17, 15) is 14.4 Å². The van der Waals surface area contributed by atoms with Crippen LogP contribution in [0.5, 0.6) is 5.88 Å². The van der Waals surface area contributed by atoms with Crippen molar-refractivity contribution >= 4 is 46.5 Å². The molecule has 2 amide bonds. The minimum absolute atomic E-state index is 0.0972. The van der Waals surface area contributed by atoms with Gasteiger partial charge >= 0.3 is 0 Å². The predicted molar refractivity (Wildman–Crippen MR) is 139 cm³/mol. The molecule has 0 atom stereocenters. The van der Waals surface area contributed by atoms with E-state index in [0.29, 0.717) is 26.9 Å². The second-order valence-electron chi connectivity index (χ2n) is 8.46. The summed E-state index contributed by atoms with van der Waals surface area (Å²) >= 11 is 12.2. The molecule has 0 bridgehead atoms. The number of nitrogens with zero attached hydrogens (tertiary/aromatic N) is 4. The highest BCUT2D eigenvalue weighted by Crippen LogP contribution is 2.26. The van der Waals surface area contributed by atoms with Gasteiger partial charge in [0.1, 0.15) is 0 Å². The largest absolute Gasteiger partial charge is 0.475 e. The van der Waals surface area contributed by atoms with Gasteiger partial charge in [-0.1, -0.05) is 35.3 Å². The fourth-order valence-corrected chi connectivity index (χ4v) is 3.63. The van der Waals surface area contributed by atoms with Crippen LogP contribution in [-0.4, -0.2) is 52.7 Å². The maximum atomic E-state index is 13.4. The van der Waals surface area contributed by atoms with Crippen molar-refractivity contribution < 1.29 is 19.1 Å². The first-order valence-electron chi connectivity index (χ1n) is 11.1. The van der Waals surface area contributed by atoms with Gasteiger partial charge in [-0.05, 0) is 49.7 Å². The Labute approximate surface area is 219 Å². The molecule has 8 nitrogen and oxygen atoms in total. The number of ketones is 1. The number of hydrogen-bond donors (Lipinski definition) is 0. The smallest absolute Gasteiger partial charge is 0.253 e. The van der Waals surface area contributed by atoms with Gasteiger partial charge in [0.05, 0.1) is 29.1 Å². The van der Waals surface area contributed by atoms with E-state index >= 15 is 0 Å². The van der Waals surface area contributed by atoms with Crippen LogP contribution in [0.25, 0.3) is 0 Å². The van der Waals surface area contributed by atoms with Crippen LogP contribution in [0, 0.1) is 0 Å². The van der Waals surface area contributed by atoms with E-state index in [4.69, 9.17) is 27.9 Å². The number of benzene rings is 2. The van der Waals surface area contributed by atoms with Gasteiger partial charge in [-0.3, -0.25) is 14.4 Å². The number of hydrogen-bond acceptors (Lipinski definition) is 6. The third-order valence-corrected chi connectivity index (χ3v) is 5.72. The van der Waals surface area contributed by atoms with Crippen LogP contribution in [0.2, 0.25) is 10.0 Å². The number of amides is 2. The lowest BCUT2D eigenvalue weighted by Gasteiger charge is -2.24. The van der Waals surface area contributed by atoms with E-state index in [1.54, 1.807) is 62.6 Å². The molecule has 0 aliphatic rings. The molecule has 10 heteroatoms. The normalized spacial score (nSPS) is 10.8. The van der Waals surface area contributed by atoms with Gasteiger partial charge in [-0.2, -0.15) is 4.98 Å². The van der Waals surface area contributed by atoms with E-state index in [1.807, 2.05) is 13.8 Å². The Hall–Kier alpha value is -3.49. The highest BCUT2D eigenvalue weighted by Gasteiger charge is 2.23. The lowest BCUT2D eigenvalue weighted by atomic mass is 10.1. The number of carbonyl (C=O) groups excluding carboxylic acids is 3. The van der Waals surface area contributed by atoms with E-state index in [0.717, 1.165) is 0 Å². The van der Waals surface area contributed by atoms with Crippen molar-refractivity contribution in [1.29, 1.82) is 0 Å². The zero-order chi connectivity index (χ0) is 26.4. The van der Waals surface area contributed by atoms with Crippen molar-refractivity contribution in [3.05, 3.63) is 81.7 Å². The SMILES string of the molecule is CC(C)Oc1ccnc(C(=O)CC(=O)N(Cc2ccc(Cl)c(Cl)c2)c2cccc(C(=O)N(C)C)c2)n1. The average Bonchev–Trinajstić information content (AvgIpc) is 2.83. The summed E-state index contributed by atoms with van der Waals surface area (Å²) in [7, 11) is 3.28. The standard InChI is InChI=1S/C26H26Cl2N4O4/c1-16(2)36-23-10-11-29-25(30-23)22(33)14-24(34)32(15-17-8-9-20(27)21(28)12-17)19-7-5-6-18(13-19)26(35)31(3)4/h5-13,16H,14-15H2,1-4H3. The van der Waals surface area contributed by atoms with Crippen LogP contribution < -0.4 is 9.64 Å². The van der Waals surface area contributed by atoms with Crippen LogP contribution in [0.15, 0.2) is 54.7 Å². The summed E-state index contributed by atoms with van der Waals surface area (Å²) < 4.78 is 5.52. The molecule has 0 saturated carbocycles. The first-order chi connectivity index (χ1) is 17.0. The van der Waals surface area contributed by atoms with Crippen LogP contribution in [0.4, 0.5) is 5.69 Å². The van der Waals surface area contributed by atoms with E-state index in [-0.39, 0.29) is 30.3 Å². The molecule has 3 rings (SSSR count). The summed E-state index contributed by atoms with van der Waals surface area (Å²) in [5, 5.41) is 0.720. The molecule has 0 aliphatic carbocycles. The Bertz CT molecular complexity index is 1280. The Morgan fingerprint density at radius 1 is 1.00 bits per heavy atom. The van der Waals surface area contributed by atoms with Crippen LogP contribution in [0.3, 0.4) is 0 Å². The van der Waals surface area contributed by atoms with Crippen molar-refractivity contribution in [2.75, 3.05) is 19.0 Å². The monoisotopic (exact) mass is 528 g/mol. The zero-order valence-electron chi connectivity index (χ0n) is 20.4. The quantitative estimate of drug-likeness (QED) is 0.284. The first-order valence-corrected chi connectivity index (χ1v) is 11.9. The average molecular weight is 529 g/mol. The summed E-state index contributed by atoms with van der Waals surface area (Å²) in [5.41, 5.74) is 1.54. The van der Waals surface area contributed by atoms with E-state index in [2.05, 4.69) is 9.97 Å². The van der Waals surface area contributed by atoms with Gasteiger partial charge in [0, 0.05) is 37.6 Å². The van der Waals surface area contributed by atoms with E-state index < -0.39 is 18.1 Å². The van der Waals surface area contributed by atoms with Crippen molar-refractivity contribution in [1.82, 2.24) is 14.9 Å². The van der Waals surface area contributed by atoms with Crippen molar-refractivity contribution in [2.24, 2.45) is 0 Å². The third kappa shape index (κ3) is 7.02. The van der Waals surface area contributed by atoms with E-state index in [1.165, 1.54) is 16.0 Å². The summed E-state index contributed by atoms with van der Waals surface area (Å²) in [6.07, 6.45) is 0.785. The van der Waals surface area contributed by atoms with Crippen LogP contribution in [-0.2, 0) is 11.3 Å². The fourth-order valence-electron chi connectivity index (χ4n) is 3.30. The minimum Gasteiger partial charge on any atom is -0.475 e. The number of halogens is 2. The number of ether oxygens (including phenoxy) is 1. The number of anilines is 1. The van der Waals surface area contributed by atoms with Gasteiger partial charge in [0.15, 0.2) is 5.82 Å². The highest BCUT2D eigenvalue weighted by molar-refractivity contribution is 6.42. The Balaban J connectivity index is 1.92. The Morgan fingerprint density at radius 3 is 2.42 bits per heavy atom. The van der Waals surface area contributed by atoms with Gasteiger partial charge in [0.25, 0.3) is 5.91 Å². The van der Waals surface area contributed by atoms with Gasteiger partial charge in [-0.15, -0.1) is 0 Å². The number of carbonyl (C=O) groups is 3. The lowest BCUT2D eigenvalue weighted by molar-refractivity contribution is -0.117. The van der Waals surface area contributed by atoms with Crippen molar-refractivity contribution in [2.45, 2.75) is 32.9 Å². The van der Waals surface area contributed by atoms with Gasteiger partial charge in [-0.25, -0.2) is 4.98 Å². The number of aromatic nitrogens is 2. The molecule has 0 N–H and O–H groups in total. The molecule has 0 spiro atoms. The molecule has 0 unspecified atom stereocenters. The molecule has 1 aromatic heterocycles. The lowest BCUT2D eigenvalue weighted by Crippen LogP contribution is -2.32. The molecule has 0 fully saturated rings. The minimum atomic E-state index is -0.561. The number of Topliss-reactive ketones (excluding diaryl/α,β-unsaturated/α-hetero) is 1. The summed E-state index contributed by atoms with van der Waals surface area (Å²) in [6, 6.07) is 13.2. The second kappa shape index (κ2) is 12.0. The molecule has 0 saturated heterocycles. The maximum Gasteiger partial charge on any atom is 0.253 e. The third-order valence-electron chi connectivity index (χ3n) is 4.98. The molecule has 0 aliphatic heterocycles. The highest BCUT2D eigenvalue weighted by atomic mass is 35.5. The van der Waals surface area contributed by atoms with Crippen LogP contribution >= 0.6 is 23.2 Å². The topological polar surface area (TPSA) is 92.7 Å². The Morgan fingerprint density at radius 2 is 1.75 bits per heavy atom. The zero-order valence-corrected chi connectivity index (χ0v) is 21.9. The van der Waals surface area contributed by atoms with Gasteiger partial charge < -0.3 is 14.5 Å². The van der Waals surface area contributed by atoms with Crippen molar-refractivity contribution in [3.63, 3.8) is 0 Å². The molecule has 188 valence electrons. The molecular formula is C26H26Cl2N4O4. The molecule has 2 aromatic carbocycles. The second-order valence-corrected chi connectivity index (χ2v) is 9.28. The molecule has 1 heterocycles. The predicted octanol–water partition coefficient (Wildman–Crippen LogP) is 5.08. The summed E-state index contributed by atoms with van der Waals surface area (Å²) in [4.78, 5) is 49.8. The Kier molecular flexibility index (Phi) is 9.01. The fraction of sp³-hybridized carbons (Fsp3) is 0.269. The maximum absolute atomic E-state index is 13.4. The summed E-state index contributed by atoms with van der Waals surface area (Å²) in [5.74, 6) is -1.15. The van der Waals surface area contributed by atoms with Crippen molar-refractivity contribution in [3.8, 4) is 5.88 Å². The first kappa shape index (κ1) is 27.1. The molecule has 3 aromatic rings. The molecular weight excluding hydrogens is 503 g/mol. The van der Waals surface area contributed by atoms with Gasteiger partial charge in [0.2, 0.25) is 17.6 Å². The number of rotatable bonds is 9.